The maximum atomic E-state index is 13.2. The maximum absolute atomic E-state index is 13.2. The van der Waals surface area contributed by atoms with Crippen molar-refractivity contribution in [3.63, 3.8) is 0 Å². The average molecular weight is 416 g/mol. The zero-order chi connectivity index (χ0) is 20.8. The van der Waals surface area contributed by atoms with Gasteiger partial charge in [-0.1, -0.05) is 25.4 Å². The van der Waals surface area contributed by atoms with Gasteiger partial charge < -0.3 is 15.1 Å². The molecule has 1 atom stereocenters. The molecular weight excluding hydrogens is 388 g/mol. The van der Waals surface area contributed by atoms with E-state index in [-0.39, 0.29) is 17.7 Å². The highest BCUT2D eigenvalue weighted by Gasteiger charge is 2.29. The second kappa shape index (κ2) is 9.74. The molecule has 0 bridgehead atoms. The number of nitrogens with zero attached hydrogens (tertiary/aromatic N) is 2. The van der Waals surface area contributed by atoms with E-state index in [0.717, 1.165) is 18.8 Å². The topological polar surface area (TPSA) is 66.8 Å². The zero-order valence-corrected chi connectivity index (χ0v) is 17.7. The van der Waals surface area contributed by atoms with E-state index in [0.29, 0.717) is 30.1 Å². The second-order valence-corrected chi connectivity index (χ2v) is 8.17. The normalized spacial score (nSPS) is 15.3. The quantitative estimate of drug-likeness (QED) is 0.788. The van der Waals surface area contributed by atoms with Crippen LogP contribution >= 0.6 is 11.6 Å². The van der Waals surface area contributed by atoms with Gasteiger partial charge in [-0.3, -0.25) is 9.59 Å². The Morgan fingerprint density at radius 3 is 2.24 bits per heavy atom. The van der Waals surface area contributed by atoms with Gasteiger partial charge in [-0.15, -0.1) is 0 Å². The second-order valence-electron chi connectivity index (χ2n) is 7.73. The highest BCUT2D eigenvalue weighted by Crippen LogP contribution is 2.17. The van der Waals surface area contributed by atoms with Gasteiger partial charge >= 0.3 is 0 Å². The van der Waals surface area contributed by atoms with Crippen LogP contribution in [0.2, 0.25) is 5.02 Å². The number of benzene rings is 1. The SMILES string of the molecule is CC(C)C[C@H](NC(=O)c1ccc(Cl)cc1)C(=O)N1CCN(c2cc[nH+]cc2)CC1. The number of aromatic amines is 1. The summed E-state index contributed by atoms with van der Waals surface area (Å²) < 4.78 is 0. The first-order chi connectivity index (χ1) is 13.9. The third kappa shape index (κ3) is 5.70. The molecule has 0 aliphatic carbocycles. The average Bonchev–Trinajstić information content (AvgIpc) is 2.73. The summed E-state index contributed by atoms with van der Waals surface area (Å²) in [4.78, 5) is 33.0. The van der Waals surface area contributed by atoms with Crippen LogP contribution in [0.1, 0.15) is 30.6 Å². The summed E-state index contributed by atoms with van der Waals surface area (Å²) in [6, 6.07) is 10.2. The van der Waals surface area contributed by atoms with Crippen LogP contribution in [0, 0.1) is 5.92 Å². The molecule has 0 unspecified atom stereocenters. The number of carbonyl (C=O) groups is 2. The molecule has 29 heavy (non-hydrogen) atoms. The fourth-order valence-electron chi connectivity index (χ4n) is 3.53. The van der Waals surface area contributed by atoms with Crippen molar-refractivity contribution in [3.05, 3.63) is 59.4 Å². The number of pyridine rings is 1. The Balaban J connectivity index is 1.63. The summed E-state index contributed by atoms with van der Waals surface area (Å²) in [5.74, 6) is 0.0261. The van der Waals surface area contributed by atoms with Crippen LogP contribution in [-0.4, -0.2) is 48.9 Å². The van der Waals surface area contributed by atoms with Crippen molar-refractivity contribution in [2.45, 2.75) is 26.3 Å². The molecule has 2 N–H and O–H groups in total. The number of hydrogen-bond donors (Lipinski definition) is 1. The lowest BCUT2D eigenvalue weighted by molar-refractivity contribution is -0.377. The summed E-state index contributed by atoms with van der Waals surface area (Å²) in [5.41, 5.74) is 1.65. The van der Waals surface area contributed by atoms with E-state index in [1.54, 1.807) is 24.3 Å². The lowest BCUT2D eigenvalue weighted by Gasteiger charge is -2.37. The molecule has 0 radical (unpaired) electrons. The van der Waals surface area contributed by atoms with Crippen LogP contribution in [0.15, 0.2) is 48.8 Å². The van der Waals surface area contributed by atoms with E-state index < -0.39 is 6.04 Å². The number of amides is 2. The van der Waals surface area contributed by atoms with E-state index >= 15 is 0 Å². The highest BCUT2D eigenvalue weighted by atomic mass is 35.5. The molecule has 1 aliphatic heterocycles. The molecule has 1 saturated heterocycles. The summed E-state index contributed by atoms with van der Waals surface area (Å²) in [7, 11) is 0. The third-order valence-corrected chi connectivity index (χ3v) is 5.33. The van der Waals surface area contributed by atoms with Gasteiger partial charge in [0.25, 0.3) is 5.91 Å². The van der Waals surface area contributed by atoms with E-state index in [9.17, 15) is 9.59 Å². The first-order valence-corrected chi connectivity index (χ1v) is 10.4. The molecule has 2 aromatic rings. The van der Waals surface area contributed by atoms with Gasteiger partial charge in [0.2, 0.25) is 5.91 Å². The summed E-state index contributed by atoms with van der Waals surface area (Å²) in [6.07, 6.45) is 4.41. The Hall–Kier alpha value is -2.60. The van der Waals surface area contributed by atoms with Crippen molar-refractivity contribution in [2.75, 3.05) is 31.1 Å². The van der Waals surface area contributed by atoms with Gasteiger partial charge in [0.05, 0.1) is 0 Å². The van der Waals surface area contributed by atoms with Crippen molar-refractivity contribution in [3.8, 4) is 0 Å². The number of aromatic nitrogens is 1. The molecule has 1 aromatic heterocycles. The van der Waals surface area contributed by atoms with Crippen molar-refractivity contribution in [1.82, 2.24) is 10.2 Å². The monoisotopic (exact) mass is 415 g/mol. The molecule has 0 spiro atoms. The molecule has 1 fully saturated rings. The Morgan fingerprint density at radius 1 is 1.03 bits per heavy atom. The van der Waals surface area contributed by atoms with E-state index in [1.807, 2.05) is 29.4 Å². The predicted octanol–water partition coefficient (Wildman–Crippen LogP) is 2.65. The molecule has 2 heterocycles. The number of hydrogen-bond acceptors (Lipinski definition) is 3. The van der Waals surface area contributed by atoms with E-state index in [2.05, 4.69) is 29.0 Å². The number of anilines is 1. The Kier molecular flexibility index (Phi) is 7.09. The Labute approximate surface area is 176 Å². The minimum absolute atomic E-state index is 0.0120. The van der Waals surface area contributed by atoms with Gasteiger partial charge in [-0.25, -0.2) is 4.98 Å². The highest BCUT2D eigenvalue weighted by molar-refractivity contribution is 6.30. The zero-order valence-electron chi connectivity index (χ0n) is 16.9. The number of nitrogens with one attached hydrogen (secondary N) is 2. The number of carbonyl (C=O) groups excluding carboxylic acids is 2. The van der Waals surface area contributed by atoms with Crippen molar-refractivity contribution in [1.29, 1.82) is 0 Å². The van der Waals surface area contributed by atoms with Gasteiger partial charge in [-0.05, 0) is 36.6 Å². The molecule has 1 aliphatic rings. The molecule has 3 rings (SSSR count). The van der Waals surface area contributed by atoms with Crippen LogP contribution < -0.4 is 15.2 Å². The predicted molar refractivity (Wildman–Crippen MR) is 114 cm³/mol. The largest absolute Gasteiger partial charge is 0.368 e. The van der Waals surface area contributed by atoms with Gasteiger partial charge in [0.1, 0.15) is 6.04 Å². The molecule has 1 aromatic carbocycles. The standard InChI is InChI=1S/C22H27ClN4O2/c1-16(2)15-20(25-21(28)17-3-5-18(23)6-4-17)22(29)27-13-11-26(12-14-27)19-7-9-24-10-8-19/h3-10,16,20H,11-15H2,1-2H3,(H,25,28)/p+1/t20-/m0/s1. The van der Waals surface area contributed by atoms with E-state index in [1.165, 1.54) is 0 Å². The minimum Gasteiger partial charge on any atom is -0.368 e. The first kappa shape index (κ1) is 21.1. The van der Waals surface area contributed by atoms with Crippen LogP contribution in [0.5, 0.6) is 0 Å². The lowest BCUT2D eigenvalue weighted by Crippen LogP contribution is -2.55. The third-order valence-electron chi connectivity index (χ3n) is 5.07. The molecule has 7 heteroatoms. The molecular formula is C22H28ClN4O2+. The van der Waals surface area contributed by atoms with Crippen molar-refractivity contribution < 1.29 is 14.6 Å². The van der Waals surface area contributed by atoms with Crippen LogP contribution in [0.3, 0.4) is 0 Å². The maximum Gasteiger partial charge on any atom is 0.251 e. The Bertz CT molecular complexity index is 818. The fourth-order valence-corrected chi connectivity index (χ4v) is 3.66. The first-order valence-electron chi connectivity index (χ1n) is 10.0. The Morgan fingerprint density at radius 2 is 1.66 bits per heavy atom. The van der Waals surface area contributed by atoms with Crippen LogP contribution in [0.25, 0.3) is 0 Å². The van der Waals surface area contributed by atoms with Gasteiger partial charge in [-0.2, -0.15) is 0 Å². The summed E-state index contributed by atoms with van der Waals surface area (Å²) in [6.45, 7) is 6.94. The number of H-pyrrole nitrogens is 1. The van der Waals surface area contributed by atoms with Crippen LogP contribution in [-0.2, 0) is 4.79 Å². The van der Waals surface area contributed by atoms with Crippen molar-refractivity contribution >= 4 is 29.1 Å². The smallest absolute Gasteiger partial charge is 0.251 e. The number of halogens is 1. The fraction of sp³-hybridized carbons (Fsp3) is 0.409. The number of rotatable bonds is 6. The molecule has 2 amide bonds. The van der Waals surface area contributed by atoms with Gasteiger partial charge in [0.15, 0.2) is 12.4 Å². The molecule has 0 saturated carbocycles. The minimum atomic E-state index is -0.531. The number of piperazine rings is 1. The lowest BCUT2D eigenvalue weighted by atomic mass is 10.0. The van der Waals surface area contributed by atoms with Crippen molar-refractivity contribution in [2.24, 2.45) is 5.92 Å². The molecule has 154 valence electrons. The van der Waals surface area contributed by atoms with E-state index in [4.69, 9.17) is 11.6 Å². The van der Waals surface area contributed by atoms with Gasteiger partial charge in [0, 0.05) is 54.6 Å². The summed E-state index contributed by atoms with van der Waals surface area (Å²) >= 11 is 5.90. The molecule has 6 nitrogen and oxygen atoms in total. The van der Waals surface area contributed by atoms with Crippen LogP contribution in [0.4, 0.5) is 5.69 Å². The summed E-state index contributed by atoms with van der Waals surface area (Å²) in [5, 5.41) is 3.51.